The van der Waals surface area contributed by atoms with Crippen molar-refractivity contribution in [3.8, 4) is 5.69 Å². The summed E-state index contributed by atoms with van der Waals surface area (Å²) in [6.45, 7) is 4.81. The maximum Gasteiger partial charge on any atom is 0.0666 e. The zero-order chi connectivity index (χ0) is 12.8. The molecule has 2 aliphatic rings. The van der Waals surface area contributed by atoms with Gasteiger partial charge in [-0.25, -0.2) is 4.68 Å². The molecule has 3 nitrogen and oxygen atoms in total. The molecule has 1 aromatic carbocycles. The molecule has 1 saturated heterocycles. The lowest BCUT2D eigenvalue weighted by Gasteiger charge is -2.22. The second kappa shape index (κ2) is 4.12. The van der Waals surface area contributed by atoms with E-state index < -0.39 is 0 Å². The minimum atomic E-state index is 0.957. The van der Waals surface area contributed by atoms with Crippen LogP contribution in [0, 0.1) is 17.8 Å². The first-order valence-electron chi connectivity index (χ1n) is 7.22. The highest BCUT2D eigenvalue weighted by molar-refractivity contribution is 5.54. The van der Waals surface area contributed by atoms with Gasteiger partial charge in [0, 0.05) is 31.2 Å². The van der Waals surface area contributed by atoms with Gasteiger partial charge in [0.15, 0.2) is 0 Å². The SMILES string of the molecule is CCC1C2CN(c3cccc(-n4cccn4)c3)CC12. The molecule has 2 heterocycles. The van der Waals surface area contributed by atoms with E-state index in [1.54, 1.807) is 0 Å². The number of benzene rings is 1. The molecule has 0 N–H and O–H groups in total. The van der Waals surface area contributed by atoms with Gasteiger partial charge in [-0.05, 0) is 42.0 Å². The van der Waals surface area contributed by atoms with E-state index in [2.05, 4.69) is 41.2 Å². The Bertz CT molecular complexity index is 563. The fourth-order valence-corrected chi connectivity index (χ4v) is 3.72. The zero-order valence-corrected chi connectivity index (χ0v) is 11.2. The van der Waals surface area contributed by atoms with Crippen molar-refractivity contribution in [3.05, 3.63) is 42.7 Å². The molecular formula is C16H19N3. The van der Waals surface area contributed by atoms with Crippen LogP contribution in [0.4, 0.5) is 5.69 Å². The van der Waals surface area contributed by atoms with Crippen molar-refractivity contribution >= 4 is 5.69 Å². The predicted molar refractivity (Wildman–Crippen MR) is 76.5 cm³/mol. The van der Waals surface area contributed by atoms with E-state index in [0.717, 1.165) is 23.4 Å². The number of fused-ring (bicyclic) bond motifs is 1. The smallest absolute Gasteiger partial charge is 0.0666 e. The van der Waals surface area contributed by atoms with Crippen LogP contribution in [0.1, 0.15) is 13.3 Å². The van der Waals surface area contributed by atoms with Crippen LogP contribution in [0.25, 0.3) is 5.69 Å². The minimum Gasteiger partial charge on any atom is -0.371 e. The van der Waals surface area contributed by atoms with Gasteiger partial charge < -0.3 is 4.90 Å². The first-order chi connectivity index (χ1) is 9.36. The number of hydrogen-bond donors (Lipinski definition) is 0. The van der Waals surface area contributed by atoms with E-state index >= 15 is 0 Å². The zero-order valence-electron chi connectivity index (χ0n) is 11.2. The molecular weight excluding hydrogens is 234 g/mol. The van der Waals surface area contributed by atoms with Crippen molar-refractivity contribution in [2.75, 3.05) is 18.0 Å². The molecule has 2 aromatic rings. The normalized spacial score (nSPS) is 28.5. The lowest BCUT2D eigenvalue weighted by molar-refractivity contribution is 0.621. The molecule has 2 unspecified atom stereocenters. The van der Waals surface area contributed by atoms with Crippen molar-refractivity contribution in [1.29, 1.82) is 0 Å². The Hall–Kier alpha value is -1.77. The van der Waals surface area contributed by atoms with Crippen LogP contribution in [0.2, 0.25) is 0 Å². The third-order valence-electron chi connectivity index (χ3n) is 4.81. The second-order valence-electron chi connectivity index (χ2n) is 5.78. The summed E-state index contributed by atoms with van der Waals surface area (Å²) >= 11 is 0. The first kappa shape index (κ1) is 11.1. The summed E-state index contributed by atoms with van der Waals surface area (Å²) in [6, 6.07) is 10.7. The lowest BCUT2D eigenvalue weighted by atomic mass is 10.2. The van der Waals surface area contributed by atoms with E-state index in [9.17, 15) is 0 Å². The quantitative estimate of drug-likeness (QED) is 0.838. The van der Waals surface area contributed by atoms with Gasteiger partial charge in [0.05, 0.1) is 5.69 Å². The fourth-order valence-electron chi connectivity index (χ4n) is 3.72. The second-order valence-corrected chi connectivity index (χ2v) is 5.78. The third-order valence-corrected chi connectivity index (χ3v) is 4.81. The Morgan fingerprint density at radius 1 is 1.16 bits per heavy atom. The minimum absolute atomic E-state index is 0.957. The van der Waals surface area contributed by atoms with E-state index in [1.165, 1.54) is 25.2 Å². The highest BCUT2D eigenvalue weighted by atomic mass is 15.3. The third kappa shape index (κ3) is 1.76. The molecule has 1 aliphatic carbocycles. The molecule has 98 valence electrons. The summed E-state index contributed by atoms with van der Waals surface area (Å²) < 4.78 is 1.93. The Balaban J connectivity index is 1.55. The van der Waals surface area contributed by atoms with E-state index in [4.69, 9.17) is 0 Å². The maximum atomic E-state index is 4.30. The number of hydrogen-bond acceptors (Lipinski definition) is 2. The van der Waals surface area contributed by atoms with Gasteiger partial charge in [-0.1, -0.05) is 19.4 Å². The van der Waals surface area contributed by atoms with Gasteiger partial charge in [-0.15, -0.1) is 0 Å². The van der Waals surface area contributed by atoms with Gasteiger partial charge >= 0.3 is 0 Å². The number of piperidine rings is 1. The largest absolute Gasteiger partial charge is 0.371 e. The fraction of sp³-hybridized carbons (Fsp3) is 0.438. The Kier molecular flexibility index (Phi) is 2.40. The van der Waals surface area contributed by atoms with Crippen molar-refractivity contribution in [2.24, 2.45) is 17.8 Å². The van der Waals surface area contributed by atoms with Crippen LogP contribution in [0.15, 0.2) is 42.7 Å². The molecule has 1 aromatic heterocycles. The van der Waals surface area contributed by atoms with Gasteiger partial charge in [0.2, 0.25) is 0 Å². The van der Waals surface area contributed by atoms with Crippen molar-refractivity contribution < 1.29 is 0 Å². The van der Waals surface area contributed by atoms with E-state index in [0.29, 0.717) is 0 Å². The average Bonchev–Trinajstić information content (AvgIpc) is 2.91. The van der Waals surface area contributed by atoms with Gasteiger partial charge in [0.25, 0.3) is 0 Å². The number of rotatable bonds is 3. The summed E-state index contributed by atoms with van der Waals surface area (Å²) in [5.74, 6) is 2.92. The highest BCUT2D eigenvalue weighted by Gasteiger charge is 2.54. The molecule has 2 fully saturated rings. The molecule has 0 amide bonds. The predicted octanol–water partition coefficient (Wildman–Crippen LogP) is 2.96. The summed E-state index contributed by atoms with van der Waals surface area (Å²) in [5.41, 5.74) is 2.49. The van der Waals surface area contributed by atoms with Gasteiger partial charge in [-0.3, -0.25) is 0 Å². The lowest BCUT2D eigenvalue weighted by Crippen LogP contribution is -2.23. The van der Waals surface area contributed by atoms with Crippen LogP contribution in [-0.4, -0.2) is 22.9 Å². The van der Waals surface area contributed by atoms with Crippen LogP contribution in [-0.2, 0) is 0 Å². The molecule has 0 spiro atoms. The molecule has 1 aliphatic heterocycles. The summed E-state index contributed by atoms with van der Waals surface area (Å²) in [7, 11) is 0. The summed E-state index contributed by atoms with van der Waals surface area (Å²) in [6.07, 6.45) is 5.17. The molecule has 0 bridgehead atoms. The van der Waals surface area contributed by atoms with Crippen molar-refractivity contribution in [1.82, 2.24) is 9.78 Å². The monoisotopic (exact) mass is 253 g/mol. The molecule has 1 saturated carbocycles. The molecule has 0 radical (unpaired) electrons. The molecule has 19 heavy (non-hydrogen) atoms. The van der Waals surface area contributed by atoms with Crippen LogP contribution in [0.5, 0.6) is 0 Å². The highest BCUT2D eigenvalue weighted by Crippen LogP contribution is 2.54. The van der Waals surface area contributed by atoms with Crippen LogP contribution < -0.4 is 4.90 Å². The molecule has 2 atom stereocenters. The number of aromatic nitrogens is 2. The number of nitrogens with zero attached hydrogens (tertiary/aromatic N) is 3. The average molecular weight is 253 g/mol. The molecule has 3 heteroatoms. The first-order valence-corrected chi connectivity index (χ1v) is 7.22. The van der Waals surface area contributed by atoms with Crippen LogP contribution >= 0.6 is 0 Å². The van der Waals surface area contributed by atoms with Gasteiger partial charge in [0.1, 0.15) is 0 Å². The van der Waals surface area contributed by atoms with E-state index in [1.807, 2.05) is 23.1 Å². The van der Waals surface area contributed by atoms with Crippen molar-refractivity contribution in [2.45, 2.75) is 13.3 Å². The summed E-state index contributed by atoms with van der Waals surface area (Å²) in [4.78, 5) is 2.54. The van der Waals surface area contributed by atoms with Crippen molar-refractivity contribution in [3.63, 3.8) is 0 Å². The summed E-state index contributed by atoms with van der Waals surface area (Å²) in [5, 5.41) is 4.30. The Labute approximate surface area is 113 Å². The van der Waals surface area contributed by atoms with Gasteiger partial charge in [-0.2, -0.15) is 5.10 Å². The standard InChI is InChI=1S/C16H19N3/c1-2-14-15-10-18(11-16(14)15)12-5-3-6-13(9-12)19-8-4-7-17-19/h3-9,14-16H,2,10-11H2,1H3. The van der Waals surface area contributed by atoms with E-state index in [-0.39, 0.29) is 0 Å². The maximum absolute atomic E-state index is 4.30. The number of anilines is 1. The van der Waals surface area contributed by atoms with Crippen LogP contribution in [0.3, 0.4) is 0 Å². The molecule has 4 rings (SSSR count). The Morgan fingerprint density at radius 3 is 2.63 bits per heavy atom. The topological polar surface area (TPSA) is 21.1 Å². The Morgan fingerprint density at radius 2 is 1.95 bits per heavy atom.